The molecule has 100 valence electrons. The Morgan fingerprint density at radius 1 is 1.44 bits per heavy atom. The van der Waals surface area contributed by atoms with Crippen LogP contribution in [0.25, 0.3) is 0 Å². The van der Waals surface area contributed by atoms with Gasteiger partial charge >= 0.3 is 0 Å². The maximum atomic E-state index is 9.39. The van der Waals surface area contributed by atoms with Crippen LogP contribution in [0.3, 0.4) is 0 Å². The summed E-state index contributed by atoms with van der Waals surface area (Å²) >= 11 is 0. The van der Waals surface area contributed by atoms with E-state index in [9.17, 15) is 5.11 Å². The van der Waals surface area contributed by atoms with Gasteiger partial charge in [-0.05, 0) is 24.6 Å². The zero-order valence-electron chi connectivity index (χ0n) is 10.6. The zero-order chi connectivity index (χ0) is 13.1. The zero-order valence-corrected chi connectivity index (χ0v) is 10.6. The highest BCUT2D eigenvalue weighted by molar-refractivity contribution is 5.35. The summed E-state index contributed by atoms with van der Waals surface area (Å²) in [6.45, 7) is 2.06. The summed E-state index contributed by atoms with van der Waals surface area (Å²) in [7, 11) is 1.67. The maximum Gasteiger partial charge on any atom is 0.189 e. The van der Waals surface area contributed by atoms with Crippen molar-refractivity contribution in [2.75, 3.05) is 13.9 Å². The summed E-state index contributed by atoms with van der Waals surface area (Å²) in [5.74, 6) is 0.634. The van der Waals surface area contributed by atoms with E-state index in [1.54, 1.807) is 13.2 Å². The van der Waals surface area contributed by atoms with Gasteiger partial charge in [0.05, 0.1) is 12.2 Å². The van der Waals surface area contributed by atoms with Crippen LogP contribution in [0.5, 0.6) is 5.75 Å². The number of aryl methyl sites for hydroxylation is 1. The molecule has 3 unspecified atom stereocenters. The van der Waals surface area contributed by atoms with Gasteiger partial charge in [0.15, 0.2) is 6.79 Å². The Morgan fingerprint density at radius 2 is 2.22 bits per heavy atom. The highest BCUT2D eigenvalue weighted by Crippen LogP contribution is 2.28. The number of aliphatic hydroxyl groups is 1. The first-order chi connectivity index (χ1) is 8.61. The van der Waals surface area contributed by atoms with Crippen molar-refractivity contribution in [1.82, 2.24) is 0 Å². The molecule has 0 amide bonds. The minimum absolute atomic E-state index is 0.139. The molecular formula is C13H19NO4. The average Bonchev–Trinajstić information content (AvgIpc) is 3.09. The number of hydrogen-bond acceptors (Lipinski definition) is 5. The number of benzene rings is 1. The molecule has 1 saturated carbocycles. The van der Waals surface area contributed by atoms with E-state index in [4.69, 9.17) is 19.9 Å². The molecule has 1 aromatic carbocycles. The fourth-order valence-electron chi connectivity index (χ4n) is 1.79. The maximum absolute atomic E-state index is 9.39. The molecule has 5 heteroatoms. The van der Waals surface area contributed by atoms with Crippen LogP contribution in [0.4, 0.5) is 0 Å². The fourth-order valence-corrected chi connectivity index (χ4v) is 1.79. The van der Waals surface area contributed by atoms with E-state index in [1.165, 1.54) is 0 Å². The molecule has 0 aliphatic heterocycles. The first-order valence-corrected chi connectivity index (χ1v) is 5.93. The van der Waals surface area contributed by atoms with Gasteiger partial charge in [0.1, 0.15) is 12.0 Å². The molecule has 1 aromatic rings. The smallest absolute Gasteiger partial charge is 0.189 e. The molecule has 0 radical (unpaired) electrons. The minimum Gasteiger partial charge on any atom is -0.468 e. The van der Waals surface area contributed by atoms with Crippen molar-refractivity contribution in [3.8, 4) is 5.75 Å². The second-order valence-corrected chi connectivity index (χ2v) is 4.44. The third-order valence-corrected chi connectivity index (χ3v) is 3.06. The topological polar surface area (TPSA) is 73.9 Å². The lowest BCUT2D eigenvalue weighted by Crippen LogP contribution is -2.11. The molecule has 0 bridgehead atoms. The molecular weight excluding hydrogens is 234 g/mol. The van der Waals surface area contributed by atoms with Gasteiger partial charge in [0.2, 0.25) is 0 Å². The summed E-state index contributed by atoms with van der Waals surface area (Å²) in [4.78, 5) is 0. The molecule has 2 rings (SSSR count). The summed E-state index contributed by atoms with van der Waals surface area (Å²) in [5.41, 5.74) is 7.05. The number of nitrogens with two attached hydrogens (primary N) is 1. The molecule has 1 fully saturated rings. The molecule has 3 atom stereocenters. The first kappa shape index (κ1) is 13.3. The Kier molecular flexibility index (Phi) is 4.19. The third kappa shape index (κ3) is 3.20. The predicted molar refractivity (Wildman–Crippen MR) is 66.1 cm³/mol. The van der Waals surface area contributed by atoms with Gasteiger partial charge in [-0.3, -0.25) is 0 Å². The Bertz CT molecular complexity index is 408. The largest absolute Gasteiger partial charge is 0.468 e. The fraction of sp³-hybridized carbons (Fsp3) is 0.538. The molecule has 1 aliphatic rings. The van der Waals surface area contributed by atoms with Crippen LogP contribution in [0.15, 0.2) is 18.2 Å². The first-order valence-electron chi connectivity index (χ1n) is 5.93. The highest BCUT2D eigenvalue weighted by atomic mass is 16.7. The van der Waals surface area contributed by atoms with E-state index in [2.05, 4.69) is 0 Å². The van der Waals surface area contributed by atoms with E-state index in [0.29, 0.717) is 11.3 Å². The monoisotopic (exact) mass is 253 g/mol. The molecule has 0 spiro atoms. The lowest BCUT2D eigenvalue weighted by atomic mass is 10.1. The van der Waals surface area contributed by atoms with Crippen LogP contribution in [0, 0.1) is 6.92 Å². The van der Waals surface area contributed by atoms with E-state index in [1.807, 2.05) is 19.1 Å². The molecule has 3 N–H and O–H groups in total. The van der Waals surface area contributed by atoms with Crippen molar-refractivity contribution < 1.29 is 19.3 Å². The summed E-state index contributed by atoms with van der Waals surface area (Å²) in [5, 5.41) is 9.39. The normalized spacial score (nSPS) is 23.8. The van der Waals surface area contributed by atoms with Crippen LogP contribution in [-0.2, 0) is 9.47 Å². The number of aliphatic hydroxyl groups excluding tert-OH is 1. The van der Waals surface area contributed by atoms with Gasteiger partial charge in [-0.1, -0.05) is 6.07 Å². The lowest BCUT2D eigenvalue weighted by Gasteiger charge is -2.12. The van der Waals surface area contributed by atoms with Crippen LogP contribution >= 0.6 is 0 Å². The van der Waals surface area contributed by atoms with Crippen molar-refractivity contribution in [2.45, 2.75) is 31.8 Å². The molecule has 18 heavy (non-hydrogen) atoms. The minimum atomic E-state index is -0.990. The third-order valence-electron chi connectivity index (χ3n) is 3.06. The average molecular weight is 253 g/mol. The SMILES string of the molecule is COC1CC1OCOc1ccc(C)c(C(N)O)c1. The van der Waals surface area contributed by atoms with E-state index in [0.717, 1.165) is 12.0 Å². The highest BCUT2D eigenvalue weighted by Gasteiger charge is 2.38. The summed E-state index contributed by atoms with van der Waals surface area (Å²) < 4.78 is 16.0. The summed E-state index contributed by atoms with van der Waals surface area (Å²) in [6, 6.07) is 5.41. The van der Waals surface area contributed by atoms with Crippen molar-refractivity contribution in [3.05, 3.63) is 29.3 Å². The van der Waals surface area contributed by atoms with Crippen LogP contribution in [0.1, 0.15) is 23.8 Å². The summed E-state index contributed by atoms with van der Waals surface area (Å²) in [6.07, 6.45) is 0.268. The van der Waals surface area contributed by atoms with Crippen molar-refractivity contribution in [2.24, 2.45) is 5.73 Å². The van der Waals surface area contributed by atoms with Gasteiger partial charge in [-0.15, -0.1) is 0 Å². The van der Waals surface area contributed by atoms with Crippen LogP contribution in [0.2, 0.25) is 0 Å². The Morgan fingerprint density at radius 3 is 2.83 bits per heavy atom. The predicted octanol–water partition coefficient (Wildman–Crippen LogP) is 1.08. The molecule has 5 nitrogen and oxygen atoms in total. The van der Waals surface area contributed by atoms with Gasteiger partial charge < -0.3 is 25.1 Å². The number of methoxy groups -OCH3 is 1. The second-order valence-electron chi connectivity index (χ2n) is 4.44. The van der Waals surface area contributed by atoms with Gasteiger partial charge in [-0.25, -0.2) is 0 Å². The van der Waals surface area contributed by atoms with Crippen molar-refractivity contribution >= 4 is 0 Å². The quantitative estimate of drug-likeness (QED) is 0.742. The van der Waals surface area contributed by atoms with Crippen LogP contribution < -0.4 is 10.5 Å². The van der Waals surface area contributed by atoms with E-state index in [-0.39, 0.29) is 19.0 Å². The molecule has 1 aliphatic carbocycles. The molecule has 0 saturated heterocycles. The Labute approximate surface area is 106 Å². The van der Waals surface area contributed by atoms with Crippen molar-refractivity contribution in [3.63, 3.8) is 0 Å². The number of ether oxygens (including phenoxy) is 3. The molecule has 0 heterocycles. The second kappa shape index (κ2) is 5.67. The molecule has 0 aromatic heterocycles. The lowest BCUT2D eigenvalue weighted by molar-refractivity contribution is -0.0163. The standard InChI is InChI=1S/C13H19NO4/c1-8-3-4-9(5-10(8)13(14)15)17-7-18-12-6-11(12)16-2/h3-5,11-13,15H,6-7,14H2,1-2H3. The van der Waals surface area contributed by atoms with E-state index >= 15 is 0 Å². The Balaban J connectivity index is 1.84. The van der Waals surface area contributed by atoms with Crippen LogP contribution in [-0.4, -0.2) is 31.2 Å². The van der Waals surface area contributed by atoms with Gasteiger partial charge in [-0.2, -0.15) is 0 Å². The van der Waals surface area contributed by atoms with Gasteiger partial charge in [0, 0.05) is 19.1 Å². The van der Waals surface area contributed by atoms with Crippen molar-refractivity contribution in [1.29, 1.82) is 0 Å². The van der Waals surface area contributed by atoms with Gasteiger partial charge in [0.25, 0.3) is 0 Å². The number of hydrogen-bond donors (Lipinski definition) is 2. The number of rotatable bonds is 6. The van der Waals surface area contributed by atoms with E-state index < -0.39 is 6.23 Å². The Hall–Kier alpha value is -1.14.